The van der Waals surface area contributed by atoms with Crippen molar-refractivity contribution in [2.24, 2.45) is 0 Å². The van der Waals surface area contributed by atoms with E-state index < -0.39 is 10.0 Å². The largest absolute Gasteiger partial charge is 0.372 e. The Morgan fingerprint density at radius 3 is 2.29 bits per heavy atom. The lowest BCUT2D eigenvalue weighted by Crippen LogP contribution is -2.47. The first-order chi connectivity index (χ1) is 16.3. The summed E-state index contributed by atoms with van der Waals surface area (Å²) in [6.45, 7) is 8.12. The van der Waals surface area contributed by atoms with Crippen molar-refractivity contribution in [3.63, 3.8) is 0 Å². The smallest absolute Gasteiger partial charge is 0.243 e. The van der Waals surface area contributed by atoms with Gasteiger partial charge in [-0.05, 0) is 32.9 Å². The van der Waals surface area contributed by atoms with Gasteiger partial charge < -0.3 is 9.64 Å². The van der Waals surface area contributed by atoms with Gasteiger partial charge in [-0.1, -0.05) is 48.0 Å². The predicted molar refractivity (Wildman–Crippen MR) is 132 cm³/mol. The molecule has 2 atom stereocenters. The maximum atomic E-state index is 13.4. The van der Waals surface area contributed by atoms with Crippen molar-refractivity contribution in [2.45, 2.75) is 50.8 Å². The fraction of sp³-hybridized carbons (Fsp3) is 0.385. The number of aromatic nitrogens is 2. The van der Waals surface area contributed by atoms with Crippen LogP contribution in [0.25, 0.3) is 11.4 Å². The molecule has 2 aliphatic rings. The lowest BCUT2D eigenvalue weighted by molar-refractivity contribution is -0.00555. The molecule has 0 amide bonds. The van der Waals surface area contributed by atoms with Crippen LogP contribution in [0.5, 0.6) is 0 Å². The Hall–Kier alpha value is -2.81. The van der Waals surface area contributed by atoms with Crippen molar-refractivity contribution >= 4 is 15.8 Å². The van der Waals surface area contributed by atoms with Crippen LogP contribution >= 0.6 is 0 Å². The van der Waals surface area contributed by atoms with Crippen LogP contribution in [-0.2, 0) is 27.7 Å². The van der Waals surface area contributed by atoms with Crippen molar-refractivity contribution in [1.29, 1.82) is 0 Å². The maximum Gasteiger partial charge on any atom is 0.243 e. The van der Waals surface area contributed by atoms with Gasteiger partial charge in [-0.2, -0.15) is 4.31 Å². The number of nitrogens with zero attached hydrogens (tertiary/aromatic N) is 4. The topological polar surface area (TPSA) is 75.6 Å². The second kappa shape index (κ2) is 9.09. The molecule has 1 aromatic heterocycles. The van der Waals surface area contributed by atoms with Gasteiger partial charge in [-0.3, -0.25) is 0 Å². The van der Waals surface area contributed by atoms with E-state index in [0.717, 1.165) is 28.2 Å². The molecule has 8 heteroatoms. The number of hydrogen-bond acceptors (Lipinski definition) is 6. The summed E-state index contributed by atoms with van der Waals surface area (Å²) in [6.07, 6.45) is 0.668. The molecule has 2 aromatic carbocycles. The molecule has 0 N–H and O–H groups in total. The van der Waals surface area contributed by atoms with Crippen molar-refractivity contribution in [2.75, 3.05) is 24.5 Å². The SMILES string of the molecule is Cc1ccc(S(=O)(=O)N2CCc3nc(-c4ccccc4)nc(N4CC(C)OC(C)C4)c3C2)cc1. The summed E-state index contributed by atoms with van der Waals surface area (Å²) in [5.74, 6) is 1.49. The standard InChI is InChI=1S/C26H30N4O3S/c1-18-9-11-22(12-10-18)34(31,32)30-14-13-24-23(17-30)26(29-15-19(2)33-20(3)16-29)28-25(27-24)21-7-5-4-6-8-21/h4-12,19-20H,13-17H2,1-3H3. The van der Waals surface area contributed by atoms with E-state index in [4.69, 9.17) is 14.7 Å². The number of hydrogen-bond donors (Lipinski definition) is 0. The van der Waals surface area contributed by atoms with Crippen LogP contribution in [0.4, 0.5) is 5.82 Å². The third-order valence-corrected chi connectivity index (χ3v) is 8.27. The monoisotopic (exact) mass is 478 g/mol. The van der Waals surface area contributed by atoms with Crippen LogP contribution in [0, 0.1) is 6.92 Å². The number of aryl methyl sites for hydroxylation is 1. The lowest BCUT2D eigenvalue weighted by Gasteiger charge is -2.38. The van der Waals surface area contributed by atoms with Gasteiger partial charge in [-0.15, -0.1) is 0 Å². The first-order valence-electron chi connectivity index (χ1n) is 11.7. The first kappa shape index (κ1) is 23.0. The van der Waals surface area contributed by atoms with E-state index in [2.05, 4.69) is 18.7 Å². The summed E-state index contributed by atoms with van der Waals surface area (Å²) in [6, 6.07) is 17.0. The van der Waals surface area contributed by atoms with Gasteiger partial charge in [0.1, 0.15) is 5.82 Å². The van der Waals surface area contributed by atoms with Gasteiger partial charge in [0, 0.05) is 43.7 Å². The second-order valence-electron chi connectivity index (χ2n) is 9.23. The Morgan fingerprint density at radius 2 is 1.62 bits per heavy atom. The quantitative estimate of drug-likeness (QED) is 0.568. The molecule has 3 aromatic rings. The molecule has 178 valence electrons. The molecule has 34 heavy (non-hydrogen) atoms. The van der Waals surface area contributed by atoms with Crippen LogP contribution in [0.15, 0.2) is 59.5 Å². The molecular weight excluding hydrogens is 448 g/mol. The molecule has 1 saturated heterocycles. The Kier molecular flexibility index (Phi) is 6.14. The van der Waals surface area contributed by atoms with Crippen molar-refractivity contribution < 1.29 is 13.2 Å². The Morgan fingerprint density at radius 1 is 0.941 bits per heavy atom. The number of ether oxygens (including phenoxy) is 1. The van der Waals surface area contributed by atoms with Crippen LogP contribution in [0.1, 0.15) is 30.7 Å². The second-order valence-corrected chi connectivity index (χ2v) is 11.2. The van der Waals surface area contributed by atoms with Crippen LogP contribution < -0.4 is 4.90 Å². The highest BCUT2D eigenvalue weighted by Crippen LogP contribution is 2.33. The zero-order valence-corrected chi connectivity index (χ0v) is 20.6. The zero-order valence-electron chi connectivity index (χ0n) is 19.8. The van der Waals surface area contributed by atoms with Gasteiger partial charge in [-0.25, -0.2) is 18.4 Å². The average molecular weight is 479 g/mol. The highest BCUT2D eigenvalue weighted by Gasteiger charge is 2.34. The van der Waals surface area contributed by atoms with E-state index in [1.807, 2.05) is 49.4 Å². The van der Waals surface area contributed by atoms with E-state index in [1.165, 1.54) is 0 Å². The summed E-state index contributed by atoms with van der Waals surface area (Å²) in [4.78, 5) is 12.4. The molecule has 0 aliphatic carbocycles. The van der Waals surface area contributed by atoms with Crippen LogP contribution in [0.3, 0.4) is 0 Å². The minimum absolute atomic E-state index is 0.0607. The number of anilines is 1. The fourth-order valence-corrected chi connectivity index (χ4v) is 6.17. The highest BCUT2D eigenvalue weighted by atomic mass is 32.2. The molecule has 1 fully saturated rings. The van der Waals surface area contributed by atoms with E-state index in [9.17, 15) is 8.42 Å². The molecule has 0 spiro atoms. The highest BCUT2D eigenvalue weighted by molar-refractivity contribution is 7.89. The van der Waals surface area contributed by atoms with Gasteiger partial charge >= 0.3 is 0 Å². The molecule has 2 aliphatic heterocycles. The van der Waals surface area contributed by atoms with E-state index in [0.29, 0.717) is 36.8 Å². The Bertz CT molecular complexity index is 1270. The normalized spacial score (nSPS) is 21.3. The van der Waals surface area contributed by atoms with Crippen molar-refractivity contribution in [1.82, 2.24) is 14.3 Å². The molecule has 3 heterocycles. The van der Waals surface area contributed by atoms with Crippen LogP contribution in [-0.4, -0.2) is 54.5 Å². The average Bonchev–Trinajstić information content (AvgIpc) is 2.83. The molecule has 2 unspecified atom stereocenters. The number of fused-ring (bicyclic) bond motifs is 1. The summed E-state index contributed by atoms with van der Waals surface area (Å²) in [5, 5.41) is 0. The van der Waals surface area contributed by atoms with Crippen molar-refractivity contribution in [3.8, 4) is 11.4 Å². The minimum atomic E-state index is -3.62. The predicted octanol–water partition coefficient (Wildman–Crippen LogP) is 3.81. The minimum Gasteiger partial charge on any atom is -0.372 e. The molecular formula is C26H30N4O3S. The summed E-state index contributed by atoms with van der Waals surface area (Å²) >= 11 is 0. The molecule has 0 radical (unpaired) electrons. The maximum absolute atomic E-state index is 13.4. The Labute approximate surface area is 201 Å². The zero-order chi connectivity index (χ0) is 23.9. The van der Waals surface area contributed by atoms with E-state index in [1.54, 1.807) is 16.4 Å². The van der Waals surface area contributed by atoms with Gasteiger partial charge in [0.25, 0.3) is 0 Å². The number of sulfonamides is 1. The fourth-order valence-electron chi connectivity index (χ4n) is 4.77. The number of rotatable bonds is 4. The molecule has 5 rings (SSSR count). The van der Waals surface area contributed by atoms with E-state index >= 15 is 0 Å². The third kappa shape index (κ3) is 4.45. The first-order valence-corrected chi connectivity index (χ1v) is 13.2. The number of benzene rings is 2. The van der Waals surface area contributed by atoms with Gasteiger partial charge in [0.05, 0.1) is 22.8 Å². The number of morpholine rings is 1. The summed E-state index contributed by atoms with van der Waals surface area (Å²) < 4.78 is 34.4. The lowest BCUT2D eigenvalue weighted by atomic mass is 10.1. The molecule has 0 bridgehead atoms. The summed E-state index contributed by atoms with van der Waals surface area (Å²) in [7, 11) is -3.62. The molecule has 7 nitrogen and oxygen atoms in total. The van der Waals surface area contributed by atoms with Gasteiger partial charge in [0.15, 0.2) is 5.82 Å². The third-order valence-electron chi connectivity index (χ3n) is 6.41. The van der Waals surface area contributed by atoms with Crippen LogP contribution in [0.2, 0.25) is 0 Å². The van der Waals surface area contributed by atoms with E-state index in [-0.39, 0.29) is 18.8 Å². The Balaban J connectivity index is 1.56. The van der Waals surface area contributed by atoms with Gasteiger partial charge in [0.2, 0.25) is 10.0 Å². The summed E-state index contributed by atoms with van der Waals surface area (Å²) in [5.41, 5.74) is 3.80. The van der Waals surface area contributed by atoms with Crippen molar-refractivity contribution in [3.05, 3.63) is 71.4 Å². The molecule has 0 saturated carbocycles.